The number of oxime groups is 1. The Morgan fingerprint density at radius 2 is 1.76 bits per heavy atom. The molecule has 174 valence electrons. The first-order chi connectivity index (χ1) is 15.5. The first-order valence-corrected chi connectivity index (χ1v) is 11.1. The van der Waals surface area contributed by atoms with Gasteiger partial charge in [-0.3, -0.25) is 4.79 Å². The van der Waals surface area contributed by atoms with Gasteiger partial charge >= 0.3 is 6.18 Å². The molecule has 33 heavy (non-hydrogen) atoms. The SMILES string of the molecule is C/C(=N\Oc1c(Cl)cc(C(F)(F)F)cc1Cl)c1ccc(CC(=O)Nc2snc(C)c2Cl)cc1. The van der Waals surface area contributed by atoms with Crippen molar-refractivity contribution < 1.29 is 22.8 Å². The van der Waals surface area contributed by atoms with Crippen molar-refractivity contribution in [2.24, 2.45) is 5.16 Å². The number of nitrogens with one attached hydrogen (secondary N) is 1. The molecule has 0 atom stereocenters. The van der Waals surface area contributed by atoms with Crippen molar-refractivity contribution in [2.45, 2.75) is 26.4 Å². The lowest BCUT2D eigenvalue weighted by Gasteiger charge is -2.11. The van der Waals surface area contributed by atoms with Crippen LogP contribution in [0.2, 0.25) is 15.1 Å². The number of halogens is 6. The van der Waals surface area contributed by atoms with Gasteiger partial charge in [-0.25, -0.2) is 0 Å². The van der Waals surface area contributed by atoms with E-state index in [0.29, 0.717) is 39.1 Å². The van der Waals surface area contributed by atoms with Gasteiger partial charge in [0.25, 0.3) is 0 Å². The number of alkyl halides is 3. The summed E-state index contributed by atoms with van der Waals surface area (Å²) in [5.41, 5.74) is 1.50. The van der Waals surface area contributed by atoms with E-state index in [1.807, 2.05) is 0 Å². The van der Waals surface area contributed by atoms with Crippen LogP contribution in [-0.4, -0.2) is 16.0 Å². The van der Waals surface area contributed by atoms with E-state index in [0.717, 1.165) is 17.1 Å². The monoisotopic (exact) mass is 535 g/mol. The van der Waals surface area contributed by atoms with Gasteiger partial charge in [0.15, 0.2) is 5.75 Å². The summed E-state index contributed by atoms with van der Waals surface area (Å²) in [6.45, 7) is 3.39. The highest BCUT2D eigenvalue weighted by molar-refractivity contribution is 7.11. The predicted molar refractivity (Wildman–Crippen MR) is 125 cm³/mol. The van der Waals surface area contributed by atoms with Crippen LogP contribution in [0.15, 0.2) is 41.6 Å². The van der Waals surface area contributed by atoms with Gasteiger partial charge in [0, 0.05) is 0 Å². The van der Waals surface area contributed by atoms with Gasteiger partial charge in [0.2, 0.25) is 5.91 Å². The molecular weight excluding hydrogens is 522 g/mol. The maximum Gasteiger partial charge on any atom is 0.416 e. The van der Waals surface area contributed by atoms with Crippen molar-refractivity contribution in [1.29, 1.82) is 0 Å². The maximum absolute atomic E-state index is 12.8. The summed E-state index contributed by atoms with van der Waals surface area (Å²) in [6.07, 6.45) is -4.47. The normalized spacial score (nSPS) is 12.1. The summed E-state index contributed by atoms with van der Waals surface area (Å²) in [7, 11) is 0. The average Bonchev–Trinajstić information content (AvgIpc) is 3.04. The second kappa shape index (κ2) is 10.3. The van der Waals surface area contributed by atoms with Gasteiger partial charge in [0.05, 0.1) is 38.5 Å². The first-order valence-electron chi connectivity index (χ1n) is 9.24. The Morgan fingerprint density at radius 3 is 2.27 bits per heavy atom. The Bertz CT molecular complexity index is 1190. The molecule has 3 aromatic rings. The number of aromatic nitrogens is 1. The zero-order valence-corrected chi connectivity index (χ0v) is 20.1. The summed E-state index contributed by atoms with van der Waals surface area (Å²) >= 11 is 18.9. The predicted octanol–water partition coefficient (Wildman–Crippen LogP) is 7.41. The number of rotatable bonds is 6. The van der Waals surface area contributed by atoms with Crippen LogP contribution >= 0.6 is 46.3 Å². The third-order valence-corrected chi connectivity index (χ3v) is 6.37. The molecule has 0 unspecified atom stereocenters. The lowest BCUT2D eigenvalue weighted by molar-refractivity contribution is -0.137. The molecule has 0 spiro atoms. The fraction of sp³-hybridized carbons (Fsp3) is 0.190. The zero-order valence-electron chi connectivity index (χ0n) is 17.1. The number of aryl methyl sites for hydroxylation is 1. The molecule has 0 saturated carbocycles. The van der Waals surface area contributed by atoms with Gasteiger partial charge in [0.1, 0.15) is 5.00 Å². The van der Waals surface area contributed by atoms with Gasteiger partial charge in [-0.2, -0.15) is 17.5 Å². The standard InChI is InChI=1S/C21H15Cl3F3N3O2S/c1-10(29-32-19-15(22)8-14(9-16(19)23)21(25,26)27)13-5-3-12(4-6-13)7-17(31)28-20-18(24)11(2)30-33-20/h3-6,8-9H,7H2,1-2H3,(H,28,31)/b29-10+. The molecule has 0 bridgehead atoms. The van der Waals surface area contributed by atoms with Crippen LogP contribution in [0, 0.1) is 6.92 Å². The van der Waals surface area contributed by atoms with E-state index in [2.05, 4.69) is 14.8 Å². The molecule has 5 nitrogen and oxygen atoms in total. The van der Waals surface area contributed by atoms with Gasteiger partial charge in [-0.05, 0) is 48.6 Å². The van der Waals surface area contributed by atoms with Gasteiger partial charge in [-0.15, -0.1) is 0 Å². The van der Waals surface area contributed by atoms with Crippen molar-refractivity contribution in [3.05, 3.63) is 73.9 Å². The highest BCUT2D eigenvalue weighted by atomic mass is 35.5. The number of carbonyl (C=O) groups excluding carboxylic acids is 1. The molecule has 1 amide bonds. The van der Waals surface area contributed by atoms with E-state index < -0.39 is 11.7 Å². The molecule has 0 radical (unpaired) electrons. The molecule has 3 rings (SSSR count). The van der Waals surface area contributed by atoms with Crippen molar-refractivity contribution in [1.82, 2.24) is 4.37 Å². The summed E-state index contributed by atoms with van der Waals surface area (Å²) in [5.74, 6) is -0.426. The minimum Gasteiger partial charge on any atom is -0.354 e. The first kappa shape index (κ1) is 25.3. The molecule has 1 heterocycles. The topological polar surface area (TPSA) is 63.6 Å². The summed E-state index contributed by atoms with van der Waals surface area (Å²) < 4.78 is 42.6. The Kier molecular flexibility index (Phi) is 7.89. The zero-order chi connectivity index (χ0) is 24.3. The van der Waals surface area contributed by atoms with Gasteiger partial charge in [-0.1, -0.05) is 64.2 Å². The highest BCUT2D eigenvalue weighted by Crippen LogP contribution is 2.40. The second-order valence-electron chi connectivity index (χ2n) is 6.87. The van der Waals surface area contributed by atoms with Gasteiger partial charge < -0.3 is 10.2 Å². The maximum atomic E-state index is 12.8. The number of benzene rings is 2. The Balaban J connectivity index is 1.66. The summed E-state index contributed by atoms with van der Waals surface area (Å²) in [6, 6.07) is 8.37. The molecular formula is C21H15Cl3F3N3O2S. The van der Waals surface area contributed by atoms with E-state index in [9.17, 15) is 18.0 Å². The molecule has 2 aromatic carbocycles. The summed E-state index contributed by atoms with van der Waals surface area (Å²) in [5, 5.41) is 6.91. The van der Waals surface area contributed by atoms with Crippen LogP contribution in [0.3, 0.4) is 0 Å². The number of amides is 1. The molecule has 0 fully saturated rings. The number of carbonyl (C=O) groups is 1. The van der Waals surface area contributed by atoms with E-state index in [1.54, 1.807) is 38.1 Å². The molecule has 0 saturated heterocycles. The Labute approximate surface area is 206 Å². The fourth-order valence-electron chi connectivity index (χ4n) is 2.63. The third-order valence-electron chi connectivity index (χ3n) is 4.38. The lowest BCUT2D eigenvalue weighted by atomic mass is 10.1. The van der Waals surface area contributed by atoms with Crippen LogP contribution in [0.25, 0.3) is 0 Å². The van der Waals surface area contributed by atoms with E-state index >= 15 is 0 Å². The fourth-order valence-corrected chi connectivity index (χ4v) is 4.14. The quantitative estimate of drug-likeness (QED) is 0.263. The number of hydrogen-bond acceptors (Lipinski definition) is 5. The molecule has 12 heteroatoms. The van der Waals surface area contributed by atoms with Crippen LogP contribution in [0.5, 0.6) is 5.75 Å². The lowest BCUT2D eigenvalue weighted by Crippen LogP contribution is -2.13. The van der Waals surface area contributed by atoms with Crippen LogP contribution < -0.4 is 10.2 Å². The second-order valence-corrected chi connectivity index (χ2v) is 8.83. The molecule has 0 aliphatic carbocycles. The molecule has 0 aliphatic rings. The average molecular weight is 537 g/mol. The minimum atomic E-state index is -4.59. The van der Waals surface area contributed by atoms with Crippen molar-refractivity contribution in [3.8, 4) is 5.75 Å². The smallest absolute Gasteiger partial charge is 0.354 e. The third kappa shape index (κ3) is 6.38. The minimum absolute atomic E-state index is 0.122. The molecule has 1 aromatic heterocycles. The van der Waals surface area contributed by atoms with Crippen molar-refractivity contribution in [2.75, 3.05) is 5.32 Å². The van der Waals surface area contributed by atoms with E-state index in [4.69, 9.17) is 39.6 Å². The van der Waals surface area contributed by atoms with E-state index in [1.165, 1.54) is 0 Å². The van der Waals surface area contributed by atoms with Crippen molar-refractivity contribution >= 4 is 63.0 Å². The summed E-state index contributed by atoms with van der Waals surface area (Å²) in [4.78, 5) is 17.4. The van der Waals surface area contributed by atoms with Crippen LogP contribution in [0.1, 0.15) is 29.3 Å². The van der Waals surface area contributed by atoms with Crippen molar-refractivity contribution in [3.63, 3.8) is 0 Å². The van der Waals surface area contributed by atoms with Crippen LogP contribution in [0.4, 0.5) is 18.2 Å². The molecule has 0 aliphatic heterocycles. The number of hydrogen-bond donors (Lipinski definition) is 1. The largest absolute Gasteiger partial charge is 0.416 e. The Morgan fingerprint density at radius 1 is 1.15 bits per heavy atom. The highest BCUT2D eigenvalue weighted by Gasteiger charge is 2.32. The Hall–Kier alpha value is -2.33. The molecule has 1 N–H and O–H groups in total. The number of anilines is 1. The van der Waals surface area contributed by atoms with E-state index in [-0.39, 0.29) is 28.1 Å². The van der Waals surface area contributed by atoms with Crippen LogP contribution in [-0.2, 0) is 17.4 Å². The number of nitrogens with zero attached hydrogens (tertiary/aromatic N) is 2.